The summed E-state index contributed by atoms with van der Waals surface area (Å²) in [5.74, 6) is 0. The number of nitrogens with two attached hydrogens (primary N) is 1. The summed E-state index contributed by atoms with van der Waals surface area (Å²) in [4.78, 5) is 0.972. The van der Waals surface area contributed by atoms with Crippen molar-refractivity contribution >= 4 is 38.5 Å². The summed E-state index contributed by atoms with van der Waals surface area (Å²) in [6, 6.07) is 3.94. The number of nitrogens with zero attached hydrogens (tertiary/aromatic N) is 1. The van der Waals surface area contributed by atoms with Gasteiger partial charge in [-0.1, -0.05) is 0 Å². The Balaban J connectivity index is 2.52. The first kappa shape index (κ1) is 8.30. The maximum atomic E-state index is 8.42. The van der Waals surface area contributed by atoms with Crippen LogP contribution in [-0.4, -0.2) is 0 Å². The number of hydrogen-bond donors (Lipinski definition) is 1. The lowest BCUT2D eigenvalue weighted by Crippen LogP contribution is -1.91. The van der Waals surface area contributed by atoms with Crippen LogP contribution in [0.3, 0.4) is 0 Å². The SMILES string of the molecule is N#C/C=C(/N)c1cc2cscc2s1. The maximum absolute atomic E-state index is 8.42. The second-order valence-corrected chi connectivity index (χ2v) is 4.36. The topological polar surface area (TPSA) is 49.8 Å². The summed E-state index contributed by atoms with van der Waals surface area (Å²) in [7, 11) is 0. The van der Waals surface area contributed by atoms with Gasteiger partial charge in [0, 0.05) is 21.5 Å². The molecule has 13 heavy (non-hydrogen) atoms. The molecule has 2 heterocycles. The lowest BCUT2D eigenvalue weighted by molar-refractivity contribution is 1.52. The smallest absolute Gasteiger partial charge is 0.0934 e. The number of allylic oxidation sites excluding steroid dienone is 1. The first-order valence-corrected chi connectivity index (χ1v) is 5.38. The summed E-state index contributed by atoms with van der Waals surface area (Å²) in [5, 5.41) is 13.8. The van der Waals surface area contributed by atoms with Gasteiger partial charge in [0.1, 0.15) is 0 Å². The average Bonchev–Trinajstić information content (AvgIpc) is 2.61. The third kappa shape index (κ3) is 1.44. The van der Waals surface area contributed by atoms with Gasteiger partial charge < -0.3 is 5.73 Å². The van der Waals surface area contributed by atoms with Gasteiger partial charge in [0.2, 0.25) is 0 Å². The molecule has 2 nitrogen and oxygen atoms in total. The molecular formula is C9H6N2S2. The maximum Gasteiger partial charge on any atom is 0.0934 e. The first-order chi connectivity index (χ1) is 6.31. The Labute approximate surface area is 83.5 Å². The van der Waals surface area contributed by atoms with Crippen LogP contribution in [0.4, 0.5) is 0 Å². The molecule has 0 saturated carbocycles. The average molecular weight is 206 g/mol. The van der Waals surface area contributed by atoms with E-state index >= 15 is 0 Å². The molecule has 0 amide bonds. The van der Waals surface area contributed by atoms with Crippen LogP contribution in [0.1, 0.15) is 4.88 Å². The number of hydrogen-bond acceptors (Lipinski definition) is 4. The van der Waals surface area contributed by atoms with E-state index < -0.39 is 0 Å². The normalized spacial score (nSPS) is 11.8. The molecule has 0 unspecified atom stereocenters. The van der Waals surface area contributed by atoms with E-state index in [2.05, 4.69) is 10.8 Å². The molecule has 4 heteroatoms. The fraction of sp³-hybridized carbons (Fsp3) is 0. The van der Waals surface area contributed by atoms with Gasteiger partial charge in [-0.25, -0.2) is 0 Å². The minimum absolute atomic E-state index is 0.550. The van der Waals surface area contributed by atoms with Crippen LogP contribution in [0.25, 0.3) is 15.8 Å². The lowest BCUT2D eigenvalue weighted by Gasteiger charge is -1.90. The van der Waals surface area contributed by atoms with Crippen molar-refractivity contribution in [2.24, 2.45) is 5.73 Å². The highest BCUT2D eigenvalue weighted by Crippen LogP contribution is 2.31. The predicted molar refractivity (Wildman–Crippen MR) is 57.5 cm³/mol. The number of rotatable bonds is 1. The van der Waals surface area contributed by atoms with Crippen molar-refractivity contribution in [1.82, 2.24) is 0 Å². The van der Waals surface area contributed by atoms with Crippen LogP contribution in [0.2, 0.25) is 0 Å². The van der Waals surface area contributed by atoms with Gasteiger partial charge in [0.25, 0.3) is 0 Å². The van der Waals surface area contributed by atoms with E-state index in [-0.39, 0.29) is 0 Å². The van der Waals surface area contributed by atoms with Crippen molar-refractivity contribution in [3.63, 3.8) is 0 Å². The molecular weight excluding hydrogens is 200 g/mol. The molecule has 0 spiro atoms. The van der Waals surface area contributed by atoms with E-state index in [9.17, 15) is 0 Å². The highest BCUT2D eigenvalue weighted by Gasteiger charge is 2.03. The largest absolute Gasteiger partial charge is 0.397 e. The molecule has 0 aromatic carbocycles. The van der Waals surface area contributed by atoms with E-state index in [1.165, 1.54) is 16.2 Å². The van der Waals surface area contributed by atoms with E-state index in [1.807, 2.05) is 12.1 Å². The molecule has 0 bridgehead atoms. The molecule has 2 aromatic heterocycles. The fourth-order valence-corrected chi connectivity index (χ4v) is 2.99. The van der Waals surface area contributed by atoms with Crippen molar-refractivity contribution < 1.29 is 0 Å². The highest BCUT2D eigenvalue weighted by atomic mass is 32.1. The molecule has 0 radical (unpaired) electrons. The van der Waals surface area contributed by atoms with Crippen LogP contribution < -0.4 is 5.73 Å². The summed E-state index contributed by atoms with van der Waals surface area (Å²) < 4.78 is 1.23. The summed E-state index contributed by atoms with van der Waals surface area (Å²) in [5.41, 5.74) is 6.23. The Hall–Kier alpha value is -1.31. The second-order valence-electron chi connectivity index (χ2n) is 2.53. The molecule has 0 fully saturated rings. The van der Waals surface area contributed by atoms with Crippen molar-refractivity contribution in [3.8, 4) is 6.07 Å². The van der Waals surface area contributed by atoms with E-state index in [0.717, 1.165) is 4.88 Å². The summed E-state index contributed by atoms with van der Waals surface area (Å²) >= 11 is 3.30. The van der Waals surface area contributed by atoms with Crippen molar-refractivity contribution in [1.29, 1.82) is 5.26 Å². The monoisotopic (exact) mass is 206 g/mol. The van der Waals surface area contributed by atoms with Crippen LogP contribution in [0.15, 0.2) is 22.9 Å². The molecule has 0 saturated heterocycles. The third-order valence-corrected chi connectivity index (χ3v) is 3.72. The van der Waals surface area contributed by atoms with Crippen molar-refractivity contribution in [2.45, 2.75) is 0 Å². The molecule has 0 aliphatic carbocycles. The van der Waals surface area contributed by atoms with Gasteiger partial charge >= 0.3 is 0 Å². The minimum atomic E-state index is 0.550. The molecule has 2 N–H and O–H groups in total. The minimum Gasteiger partial charge on any atom is -0.397 e. The van der Waals surface area contributed by atoms with Gasteiger partial charge in [0.05, 0.1) is 16.6 Å². The summed E-state index contributed by atoms with van der Waals surface area (Å²) in [6.07, 6.45) is 1.37. The Kier molecular flexibility index (Phi) is 2.05. The second kappa shape index (κ2) is 3.21. The van der Waals surface area contributed by atoms with Crippen LogP contribution in [0.5, 0.6) is 0 Å². The van der Waals surface area contributed by atoms with Crippen LogP contribution in [0, 0.1) is 11.3 Å². The van der Waals surface area contributed by atoms with Gasteiger partial charge in [-0.15, -0.1) is 11.3 Å². The zero-order valence-corrected chi connectivity index (χ0v) is 8.28. The summed E-state index contributed by atoms with van der Waals surface area (Å²) in [6.45, 7) is 0. The number of nitriles is 1. The molecule has 0 aliphatic heterocycles. The molecule has 2 rings (SSSR count). The van der Waals surface area contributed by atoms with Crippen LogP contribution in [-0.2, 0) is 0 Å². The van der Waals surface area contributed by atoms with Gasteiger partial charge in [0.15, 0.2) is 0 Å². The number of thiophene rings is 2. The van der Waals surface area contributed by atoms with Gasteiger partial charge in [-0.3, -0.25) is 0 Å². The molecule has 2 aromatic rings. The number of fused-ring (bicyclic) bond motifs is 1. The molecule has 64 valence electrons. The zero-order chi connectivity index (χ0) is 9.26. The van der Waals surface area contributed by atoms with E-state index in [4.69, 9.17) is 11.0 Å². The lowest BCUT2D eigenvalue weighted by atomic mass is 10.3. The quantitative estimate of drug-likeness (QED) is 0.729. The first-order valence-electron chi connectivity index (χ1n) is 3.62. The third-order valence-electron chi connectivity index (χ3n) is 1.67. The zero-order valence-electron chi connectivity index (χ0n) is 6.65. The van der Waals surface area contributed by atoms with Gasteiger partial charge in [-0.05, 0) is 11.4 Å². The van der Waals surface area contributed by atoms with Gasteiger partial charge in [-0.2, -0.15) is 16.6 Å². The van der Waals surface area contributed by atoms with Crippen molar-refractivity contribution in [3.05, 3.63) is 27.8 Å². The van der Waals surface area contributed by atoms with E-state index in [1.54, 1.807) is 22.7 Å². The van der Waals surface area contributed by atoms with Crippen molar-refractivity contribution in [2.75, 3.05) is 0 Å². The molecule has 0 atom stereocenters. The van der Waals surface area contributed by atoms with E-state index in [0.29, 0.717) is 5.70 Å². The Morgan fingerprint density at radius 1 is 1.54 bits per heavy atom. The Morgan fingerprint density at radius 2 is 2.38 bits per heavy atom. The fourth-order valence-electron chi connectivity index (χ4n) is 1.06. The Morgan fingerprint density at radius 3 is 3.08 bits per heavy atom. The predicted octanol–water partition coefficient (Wildman–Crippen LogP) is 2.79. The Bertz CT molecular complexity index is 470. The highest BCUT2D eigenvalue weighted by molar-refractivity contribution is 7.23. The van der Waals surface area contributed by atoms with Crippen LogP contribution >= 0.6 is 22.7 Å². The molecule has 0 aliphatic rings. The standard InChI is InChI=1S/C9H6N2S2/c10-2-1-7(11)8-3-6-4-12-5-9(6)13-8/h1,3-5H,11H2/b7-1+.